The van der Waals surface area contributed by atoms with Gasteiger partial charge < -0.3 is 33.9 Å². The molecule has 6 rings (SSSR count). The molecule has 4 heterocycles. The van der Waals surface area contributed by atoms with Gasteiger partial charge in [0.15, 0.2) is 5.82 Å². The lowest BCUT2D eigenvalue weighted by Crippen LogP contribution is -2.45. The van der Waals surface area contributed by atoms with Crippen LogP contribution in [0.3, 0.4) is 0 Å². The highest BCUT2D eigenvalue weighted by molar-refractivity contribution is 7.52. The van der Waals surface area contributed by atoms with Crippen molar-refractivity contribution in [3.8, 4) is 5.75 Å². The SMILES string of the molecule is CCOC1O[C@H]2[C@H](c3ccc4c(N)ncnn34)O[C@](C)(CO[P@@](=O)(N[C@@H](C)C(=O)OC3CCCCC3)Oc3ccccc3)[C@H]2O1. The van der Waals surface area contributed by atoms with Crippen LogP contribution in [0.2, 0.25) is 0 Å². The summed E-state index contributed by atoms with van der Waals surface area (Å²) < 4.78 is 58.1. The van der Waals surface area contributed by atoms with Gasteiger partial charge in [0.05, 0.1) is 12.3 Å². The van der Waals surface area contributed by atoms with E-state index < -0.39 is 50.1 Å². The number of carbonyl (C=O) groups is 1. The van der Waals surface area contributed by atoms with E-state index in [1.54, 1.807) is 54.8 Å². The lowest BCUT2D eigenvalue weighted by atomic mass is 9.97. The Hall–Kier alpha value is -3.10. The average molecular weight is 646 g/mol. The van der Waals surface area contributed by atoms with Gasteiger partial charge in [-0.05, 0) is 70.7 Å². The first-order valence-corrected chi connectivity index (χ1v) is 16.9. The average Bonchev–Trinajstić information content (AvgIpc) is 3.72. The zero-order chi connectivity index (χ0) is 31.6. The van der Waals surface area contributed by atoms with E-state index >= 15 is 0 Å². The first kappa shape index (κ1) is 31.9. The minimum absolute atomic E-state index is 0.158. The molecular weight excluding hydrogens is 605 g/mol. The largest absolute Gasteiger partial charge is 0.461 e. The second kappa shape index (κ2) is 13.3. The molecule has 1 aromatic carbocycles. The number of nitrogens with two attached hydrogens (primary N) is 1. The number of nitrogens with zero attached hydrogens (tertiary/aromatic N) is 3. The Morgan fingerprint density at radius 2 is 1.96 bits per heavy atom. The normalized spacial score (nSPS) is 28.9. The van der Waals surface area contributed by atoms with Crippen LogP contribution in [-0.2, 0) is 37.6 Å². The maximum absolute atomic E-state index is 14.3. The predicted molar refractivity (Wildman–Crippen MR) is 161 cm³/mol. The minimum Gasteiger partial charge on any atom is -0.461 e. The van der Waals surface area contributed by atoms with Crippen LogP contribution >= 0.6 is 7.75 Å². The Morgan fingerprint density at radius 1 is 1.18 bits per heavy atom. The Balaban J connectivity index is 1.23. The van der Waals surface area contributed by atoms with E-state index in [9.17, 15) is 9.36 Å². The van der Waals surface area contributed by atoms with Gasteiger partial charge in [-0.25, -0.2) is 14.1 Å². The number of anilines is 1. The third kappa shape index (κ3) is 6.87. The Morgan fingerprint density at radius 3 is 2.71 bits per heavy atom. The van der Waals surface area contributed by atoms with Gasteiger partial charge in [-0.3, -0.25) is 9.32 Å². The van der Waals surface area contributed by atoms with Crippen LogP contribution in [0, 0.1) is 0 Å². The van der Waals surface area contributed by atoms with Gasteiger partial charge in [-0.2, -0.15) is 10.2 Å². The number of benzene rings is 1. The summed E-state index contributed by atoms with van der Waals surface area (Å²) in [5.74, 6) is 0.0800. The van der Waals surface area contributed by atoms with E-state index in [1.165, 1.54) is 6.33 Å². The van der Waals surface area contributed by atoms with E-state index in [4.69, 9.17) is 38.5 Å². The molecule has 3 fully saturated rings. The van der Waals surface area contributed by atoms with Crippen LogP contribution in [0.15, 0.2) is 48.8 Å². The standard InChI is InChI=1S/C30H40N5O9P/c1-4-38-29-41-25-24(22-15-16-23-27(31)32-18-33-35(22)23)43-30(3,26(25)42-29)17-39-45(37,44-21-13-9-6-10-14-21)34-19(2)28(36)40-20-11-7-5-8-12-20/h6,9-10,13-16,18-20,24-26,29H,4-5,7-8,11-12,17H2,1-3H3,(H,34,37)(H2,31,32,33)/t19-,24-,25-,26-,29?,30+,45-/m0/s1. The van der Waals surface area contributed by atoms with Gasteiger partial charge in [0.2, 0.25) is 0 Å². The van der Waals surface area contributed by atoms with E-state index in [1.807, 2.05) is 13.0 Å². The number of para-hydroxylation sites is 1. The number of esters is 1. The highest BCUT2D eigenvalue weighted by Gasteiger charge is 2.61. The highest BCUT2D eigenvalue weighted by atomic mass is 31.2. The molecule has 1 unspecified atom stereocenters. The molecule has 244 valence electrons. The van der Waals surface area contributed by atoms with Gasteiger partial charge >= 0.3 is 13.7 Å². The molecule has 2 aromatic heterocycles. The molecule has 0 spiro atoms. The van der Waals surface area contributed by atoms with Crippen LogP contribution in [0.1, 0.15) is 64.7 Å². The summed E-state index contributed by atoms with van der Waals surface area (Å²) in [6.07, 6.45) is 3.97. The van der Waals surface area contributed by atoms with Crippen molar-refractivity contribution in [3.63, 3.8) is 0 Å². The second-order valence-electron chi connectivity index (χ2n) is 11.7. The molecule has 2 aliphatic heterocycles. The number of ether oxygens (including phenoxy) is 5. The monoisotopic (exact) mass is 645 g/mol. The molecule has 0 amide bonds. The van der Waals surface area contributed by atoms with E-state index in [2.05, 4.69) is 15.2 Å². The molecule has 45 heavy (non-hydrogen) atoms. The summed E-state index contributed by atoms with van der Waals surface area (Å²) in [5, 5.41) is 7.13. The van der Waals surface area contributed by atoms with E-state index in [-0.39, 0.29) is 12.7 Å². The molecule has 3 aliphatic rings. The molecule has 3 aromatic rings. The smallest absolute Gasteiger partial charge is 0.459 e. The first-order chi connectivity index (χ1) is 21.7. The van der Waals surface area contributed by atoms with E-state index in [0.29, 0.717) is 29.4 Å². The van der Waals surface area contributed by atoms with Crippen LogP contribution < -0.4 is 15.3 Å². The number of carbonyl (C=O) groups excluding carboxylic acids is 1. The third-order valence-electron chi connectivity index (χ3n) is 8.26. The number of nitrogens with one attached hydrogen (secondary N) is 1. The van der Waals surface area contributed by atoms with Crippen molar-refractivity contribution in [2.45, 2.75) is 95.4 Å². The Labute approximate surface area is 261 Å². The summed E-state index contributed by atoms with van der Waals surface area (Å²) in [6, 6.07) is 11.2. The van der Waals surface area contributed by atoms with Crippen LogP contribution in [0.25, 0.3) is 5.52 Å². The summed E-state index contributed by atoms with van der Waals surface area (Å²) >= 11 is 0. The fraction of sp³-hybridized carbons (Fsp3) is 0.567. The molecule has 14 nitrogen and oxygen atoms in total. The summed E-state index contributed by atoms with van der Waals surface area (Å²) in [7, 11) is -4.19. The second-order valence-corrected chi connectivity index (χ2v) is 13.4. The molecule has 1 aliphatic carbocycles. The van der Waals surface area contributed by atoms with Crippen molar-refractivity contribution in [2.75, 3.05) is 18.9 Å². The lowest BCUT2D eigenvalue weighted by Gasteiger charge is -2.31. The fourth-order valence-corrected chi connectivity index (χ4v) is 7.57. The van der Waals surface area contributed by atoms with Gasteiger partial charge in [0, 0.05) is 6.61 Å². The number of rotatable bonds is 12. The zero-order valence-electron chi connectivity index (χ0n) is 25.6. The first-order valence-electron chi connectivity index (χ1n) is 15.3. The maximum Gasteiger partial charge on any atom is 0.459 e. The summed E-state index contributed by atoms with van der Waals surface area (Å²) in [4.78, 5) is 17.1. The van der Waals surface area contributed by atoms with Gasteiger partial charge in [0.1, 0.15) is 53.7 Å². The Bertz CT molecular complexity index is 1520. The number of aromatic nitrogens is 3. The zero-order valence-corrected chi connectivity index (χ0v) is 26.5. The predicted octanol–water partition coefficient (Wildman–Crippen LogP) is 4.30. The number of hydrogen-bond acceptors (Lipinski definition) is 12. The number of hydrogen-bond donors (Lipinski definition) is 2. The molecule has 0 bridgehead atoms. The van der Waals surface area contributed by atoms with Crippen molar-refractivity contribution in [1.82, 2.24) is 19.7 Å². The van der Waals surface area contributed by atoms with E-state index in [0.717, 1.165) is 32.1 Å². The van der Waals surface area contributed by atoms with Crippen LogP contribution in [0.4, 0.5) is 5.82 Å². The summed E-state index contributed by atoms with van der Waals surface area (Å²) in [6.45, 7) is 4.34. The topological polar surface area (TPSA) is 167 Å². The van der Waals surface area contributed by atoms with Crippen molar-refractivity contribution in [2.24, 2.45) is 0 Å². The van der Waals surface area contributed by atoms with Gasteiger partial charge in [-0.15, -0.1) is 0 Å². The molecule has 15 heteroatoms. The number of fused-ring (bicyclic) bond motifs is 2. The quantitative estimate of drug-likeness (QED) is 0.212. The van der Waals surface area contributed by atoms with Crippen LogP contribution in [-0.4, -0.2) is 70.2 Å². The lowest BCUT2D eigenvalue weighted by molar-refractivity contribution is -0.271. The molecule has 3 N–H and O–H groups in total. The van der Waals surface area contributed by atoms with Crippen LogP contribution in [0.5, 0.6) is 5.75 Å². The van der Waals surface area contributed by atoms with Crippen molar-refractivity contribution in [1.29, 1.82) is 0 Å². The van der Waals surface area contributed by atoms with Gasteiger partial charge in [0.25, 0.3) is 6.48 Å². The Kier molecular flexibility index (Phi) is 9.44. The third-order valence-corrected chi connectivity index (χ3v) is 9.88. The molecule has 1 saturated carbocycles. The van der Waals surface area contributed by atoms with Crippen molar-refractivity contribution >= 4 is 25.1 Å². The summed E-state index contributed by atoms with van der Waals surface area (Å²) in [5.41, 5.74) is 6.13. The van der Waals surface area contributed by atoms with Gasteiger partial charge in [-0.1, -0.05) is 24.6 Å². The maximum atomic E-state index is 14.3. The minimum atomic E-state index is -4.19. The molecular formula is C30H40N5O9P. The van der Waals surface area contributed by atoms with Crippen molar-refractivity contribution < 1.29 is 42.1 Å². The molecule has 7 atom stereocenters. The molecule has 2 saturated heterocycles. The van der Waals surface area contributed by atoms with Crippen molar-refractivity contribution in [3.05, 3.63) is 54.5 Å². The highest BCUT2D eigenvalue weighted by Crippen LogP contribution is 2.51. The number of nitrogen functional groups attached to an aromatic ring is 1. The fourth-order valence-electron chi connectivity index (χ4n) is 5.98. The molecule has 0 radical (unpaired) electrons.